The number of rotatable bonds is 7. The molecule has 0 amide bonds. The second-order valence-electron chi connectivity index (χ2n) is 17.8. The Labute approximate surface area is 350 Å². The molecule has 1 heteroatoms. The number of anilines is 1. The third-order valence-corrected chi connectivity index (χ3v) is 14.6. The van der Waals surface area contributed by atoms with E-state index in [2.05, 4.69) is 225 Å². The Morgan fingerprint density at radius 2 is 1.31 bits per heavy atom. The zero-order valence-electron chi connectivity index (χ0n) is 34.1. The molecule has 0 spiro atoms. The van der Waals surface area contributed by atoms with Crippen LogP contribution in [0, 0.1) is 17.8 Å². The van der Waals surface area contributed by atoms with Gasteiger partial charge in [0.25, 0.3) is 0 Å². The monoisotopic (exact) mass is 761 g/mol. The van der Waals surface area contributed by atoms with Crippen LogP contribution in [-0.2, 0) is 10.8 Å². The van der Waals surface area contributed by atoms with E-state index in [0.717, 1.165) is 19.3 Å². The van der Waals surface area contributed by atoms with E-state index < -0.39 is 0 Å². The molecule has 5 aromatic carbocycles. The Morgan fingerprint density at radius 3 is 2.07 bits per heavy atom. The first-order valence-corrected chi connectivity index (χ1v) is 21.8. The van der Waals surface area contributed by atoms with Crippen LogP contribution in [0.5, 0.6) is 0 Å². The highest BCUT2D eigenvalue weighted by Crippen LogP contribution is 2.62. The minimum atomic E-state index is -0.318. The predicted molar refractivity (Wildman–Crippen MR) is 247 cm³/mol. The number of para-hydroxylation sites is 1. The van der Waals surface area contributed by atoms with Gasteiger partial charge in [0.15, 0.2) is 0 Å². The van der Waals surface area contributed by atoms with Gasteiger partial charge < -0.3 is 4.90 Å². The molecule has 0 heterocycles. The van der Waals surface area contributed by atoms with Gasteiger partial charge in [0.1, 0.15) is 0 Å². The summed E-state index contributed by atoms with van der Waals surface area (Å²) in [6.07, 6.45) is 34.1. The molecule has 6 aliphatic carbocycles. The van der Waals surface area contributed by atoms with E-state index in [-0.39, 0.29) is 22.8 Å². The highest BCUT2D eigenvalue weighted by molar-refractivity contribution is 5.95. The molecule has 0 saturated carbocycles. The van der Waals surface area contributed by atoms with Crippen LogP contribution in [0.25, 0.3) is 16.7 Å². The second-order valence-corrected chi connectivity index (χ2v) is 17.8. The second kappa shape index (κ2) is 14.3. The van der Waals surface area contributed by atoms with Crippen LogP contribution in [-0.4, -0.2) is 6.04 Å². The molecule has 0 aromatic heterocycles. The molecule has 5 aromatic rings. The summed E-state index contributed by atoms with van der Waals surface area (Å²) in [5.41, 5.74) is 16.2. The summed E-state index contributed by atoms with van der Waals surface area (Å²) in [5, 5.41) is 0. The van der Waals surface area contributed by atoms with Crippen LogP contribution in [0.3, 0.4) is 0 Å². The third kappa shape index (κ3) is 5.58. The fraction of sp³-hybridized carbons (Fsp3) is 0.207. The van der Waals surface area contributed by atoms with Crippen molar-refractivity contribution < 1.29 is 0 Å². The van der Waals surface area contributed by atoms with Crippen LogP contribution in [0.15, 0.2) is 218 Å². The summed E-state index contributed by atoms with van der Waals surface area (Å²) in [4.78, 5) is 2.68. The highest BCUT2D eigenvalue weighted by Gasteiger charge is 2.52. The van der Waals surface area contributed by atoms with E-state index in [1.54, 1.807) is 0 Å². The zero-order chi connectivity index (χ0) is 39.6. The van der Waals surface area contributed by atoms with Gasteiger partial charge in [-0.15, -0.1) is 0 Å². The van der Waals surface area contributed by atoms with E-state index in [1.807, 2.05) is 0 Å². The maximum atomic E-state index is 2.68. The lowest BCUT2D eigenvalue weighted by Gasteiger charge is -2.39. The Morgan fingerprint density at radius 1 is 0.593 bits per heavy atom. The van der Waals surface area contributed by atoms with Gasteiger partial charge >= 0.3 is 0 Å². The summed E-state index contributed by atoms with van der Waals surface area (Å²) in [6.45, 7) is 4.90. The van der Waals surface area contributed by atoms with Gasteiger partial charge in [0, 0.05) is 34.7 Å². The standard InChI is InChI=1S/C58H51N/c1-57(2)51-29-15-12-25-46(51)47-38-37-45(39-54(47)57)59(44-35-33-41(34-36-44)40-19-6-3-7-20-40)55-32-17-14-26-48(55)49-28-18-31-53-56(49)50-27-13-16-30-52(50)58(53,42-21-8-4-9-22-42)43-23-10-5-11-24-43/h3-19,21-29,31-35,37-40,44,47,52,54H,20,30,36H2,1-2H3. The SMILES string of the molecule is CC1(C)c2ccccc2C2C=CC(N(c3ccccc3-c3cccc4c3C3=CC=CCC3C4(c3ccccc3)c3ccccc3)C3C=CC(C4C=CC=CC4)=CC3)=CC21. The van der Waals surface area contributed by atoms with Crippen LogP contribution in [0.2, 0.25) is 0 Å². The minimum Gasteiger partial charge on any atom is -0.334 e. The van der Waals surface area contributed by atoms with E-state index in [9.17, 15) is 0 Å². The molecule has 5 unspecified atom stereocenters. The van der Waals surface area contributed by atoms with Crippen molar-refractivity contribution in [2.45, 2.75) is 55.9 Å². The van der Waals surface area contributed by atoms with E-state index in [4.69, 9.17) is 0 Å². The van der Waals surface area contributed by atoms with Crippen molar-refractivity contribution in [2.75, 3.05) is 4.90 Å². The van der Waals surface area contributed by atoms with Crippen molar-refractivity contribution in [2.24, 2.45) is 17.8 Å². The maximum absolute atomic E-state index is 2.68. The average molecular weight is 762 g/mol. The first-order chi connectivity index (χ1) is 29.0. The highest BCUT2D eigenvalue weighted by atomic mass is 15.2. The molecule has 5 atom stereocenters. The largest absolute Gasteiger partial charge is 0.334 e. The third-order valence-electron chi connectivity index (χ3n) is 14.6. The van der Waals surface area contributed by atoms with Gasteiger partial charge in [-0.05, 0) is 92.8 Å². The lowest BCUT2D eigenvalue weighted by atomic mass is 9.63. The molecule has 0 radical (unpaired) electrons. The van der Waals surface area contributed by atoms with Crippen molar-refractivity contribution in [3.63, 3.8) is 0 Å². The van der Waals surface area contributed by atoms with Crippen LogP contribution in [0.4, 0.5) is 5.69 Å². The van der Waals surface area contributed by atoms with Gasteiger partial charge in [0.2, 0.25) is 0 Å². The van der Waals surface area contributed by atoms with E-state index in [0.29, 0.717) is 17.8 Å². The molecule has 0 fully saturated rings. The van der Waals surface area contributed by atoms with Crippen molar-refractivity contribution in [3.8, 4) is 11.1 Å². The molecule has 0 aliphatic heterocycles. The van der Waals surface area contributed by atoms with Gasteiger partial charge in [-0.1, -0.05) is 208 Å². The Hall–Kier alpha value is -6.18. The van der Waals surface area contributed by atoms with Crippen LogP contribution >= 0.6 is 0 Å². The number of hydrogen-bond donors (Lipinski definition) is 0. The molecular formula is C58H51N. The van der Waals surface area contributed by atoms with Crippen LogP contribution < -0.4 is 4.90 Å². The lowest BCUT2D eigenvalue weighted by molar-refractivity contribution is 0.391. The summed E-state index contributed by atoms with van der Waals surface area (Å²) in [5.74, 6) is 1.46. The molecule has 59 heavy (non-hydrogen) atoms. The van der Waals surface area contributed by atoms with Gasteiger partial charge in [-0.3, -0.25) is 0 Å². The summed E-state index contributed by atoms with van der Waals surface area (Å²) >= 11 is 0. The fourth-order valence-electron chi connectivity index (χ4n) is 11.9. The molecule has 0 bridgehead atoms. The summed E-state index contributed by atoms with van der Waals surface area (Å²) in [6, 6.07) is 48.3. The normalized spacial score (nSPS) is 25.0. The minimum absolute atomic E-state index is 0.0210. The van der Waals surface area contributed by atoms with Crippen molar-refractivity contribution in [1.29, 1.82) is 0 Å². The van der Waals surface area contributed by atoms with E-state index in [1.165, 1.54) is 67.0 Å². The van der Waals surface area contributed by atoms with Crippen molar-refractivity contribution in [1.82, 2.24) is 0 Å². The summed E-state index contributed by atoms with van der Waals surface area (Å²) in [7, 11) is 0. The maximum Gasteiger partial charge on any atom is 0.0560 e. The Balaban J connectivity index is 1.10. The Kier molecular flexibility index (Phi) is 8.70. The molecule has 0 saturated heterocycles. The number of fused-ring (bicyclic) bond motifs is 6. The lowest BCUT2D eigenvalue weighted by Crippen LogP contribution is -2.36. The first-order valence-electron chi connectivity index (χ1n) is 21.8. The van der Waals surface area contributed by atoms with Gasteiger partial charge in [0.05, 0.1) is 11.5 Å². The quantitative estimate of drug-likeness (QED) is 0.160. The average Bonchev–Trinajstić information content (AvgIpc) is 3.73. The number of allylic oxidation sites excluding steroid dienone is 13. The predicted octanol–water partition coefficient (Wildman–Crippen LogP) is 14.0. The number of nitrogens with zero attached hydrogens (tertiary/aromatic N) is 1. The van der Waals surface area contributed by atoms with Crippen molar-refractivity contribution >= 4 is 11.3 Å². The van der Waals surface area contributed by atoms with E-state index >= 15 is 0 Å². The van der Waals surface area contributed by atoms with Gasteiger partial charge in [-0.25, -0.2) is 0 Å². The fourth-order valence-corrected chi connectivity index (χ4v) is 11.9. The molecule has 0 N–H and O–H groups in total. The topological polar surface area (TPSA) is 3.24 Å². The first kappa shape index (κ1) is 35.9. The smallest absolute Gasteiger partial charge is 0.0560 e. The molecule has 288 valence electrons. The van der Waals surface area contributed by atoms with Crippen molar-refractivity contribution in [3.05, 3.63) is 251 Å². The van der Waals surface area contributed by atoms with Crippen LogP contribution in [0.1, 0.15) is 72.4 Å². The zero-order valence-corrected chi connectivity index (χ0v) is 34.1. The Bertz CT molecular complexity index is 2650. The molecule has 11 rings (SSSR count). The summed E-state index contributed by atoms with van der Waals surface area (Å²) < 4.78 is 0. The number of benzene rings is 5. The molecular weight excluding hydrogens is 711 g/mol. The number of hydrogen-bond acceptors (Lipinski definition) is 1. The molecule has 1 nitrogen and oxygen atoms in total. The molecule has 6 aliphatic rings. The van der Waals surface area contributed by atoms with Gasteiger partial charge in [-0.2, -0.15) is 0 Å².